The second-order valence-corrected chi connectivity index (χ2v) is 8.03. The van der Waals surface area contributed by atoms with Crippen LogP contribution < -0.4 is 10.9 Å². The lowest BCUT2D eigenvalue weighted by atomic mass is 10.1. The van der Waals surface area contributed by atoms with Crippen molar-refractivity contribution < 1.29 is 14.8 Å². The third-order valence-electron chi connectivity index (χ3n) is 4.85. The van der Waals surface area contributed by atoms with E-state index >= 15 is 0 Å². The molecule has 0 atom stereocenters. The standard InChI is InChI=1S/C22H15IN4O5/c23-16-9-13(10-19(22(16)30)27(31)32)11-24-25-20(28)12-26-17-7-3-1-5-14(17)21(29)15-6-2-4-8-18(15)26/h1-11,30H,12H2,(H,25,28)/b24-11+. The average Bonchev–Trinajstić information content (AvgIpc) is 2.78. The van der Waals surface area contributed by atoms with Crippen molar-refractivity contribution in [3.05, 3.63) is 90.1 Å². The number of pyridine rings is 1. The molecule has 10 heteroatoms. The third kappa shape index (κ3) is 4.04. The molecule has 3 aromatic carbocycles. The number of nitro groups is 1. The molecule has 4 aromatic rings. The number of nitrogens with one attached hydrogen (secondary N) is 1. The topological polar surface area (TPSA) is 127 Å². The number of halogens is 1. The zero-order valence-electron chi connectivity index (χ0n) is 16.4. The van der Waals surface area contributed by atoms with Crippen LogP contribution in [0.2, 0.25) is 0 Å². The number of hydrogen-bond donors (Lipinski definition) is 2. The molecule has 0 bridgehead atoms. The molecule has 0 saturated heterocycles. The highest BCUT2D eigenvalue weighted by Crippen LogP contribution is 2.31. The summed E-state index contributed by atoms with van der Waals surface area (Å²) in [6, 6.07) is 16.8. The summed E-state index contributed by atoms with van der Waals surface area (Å²) in [5.74, 6) is -0.864. The summed E-state index contributed by atoms with van der Waals surface area (Å²) in [5.41, 5.74) is 3.45. The van der Waals surface area contributed by atoms with Crippen LogP contribution in [0.15, 0.2) is 70.6 Å². The fourth-order valence-corrected chi connectivity index (χ4v) is 4.06. The van der Waals surface area contributed by atoms with E-state index in [1.165, 1.54) is 12.3 Å². The molecule has 0 fully saturated rings. The lowest BCUT2D eigenvalue weighted by Crippen LogP contribution is -2.25. The van der Waals surface area contributed by atoms with E-state index in [1.54, 1.807) is 75.7 Å². The van der Waals surface area contributed by atoms with Gasteiger partial charge in [0.15, 0.2) is 5.43 Å². The molecule has 1 aromatic heterocycles. The largest absolute Gasteiger partial charge is 0.501 e. The Hall–Kier alpha value is -3.80. The lowest BCUT2D eigenvalue weighted by molar-refractivity contribution is -0.386. The summed E-state index contributed by atoms with van der Waals surface area (Å²) in [7, 11) is 0. The summed E-state index contributed by atoms with van der Waals surface area (Å²) in [6.07, 6.45) is 1.26. The third-order valence-corrected chi connectivity index (χ3v) is 5.67. The molecule has 1 heterocycles. The van der Waals surface area contributed by atoms with Crippen molar-refractivity contribution in [2.45, 2.75) is 6.54 Å². The van der Waals surface area contributed by atoms with Gasteiger partial charge in [0.05, 0.1) is 25.7 Å². The first-order chi connectivity index (χ1) is 15.4. The molecule has 4 rings (SSSR count). The SMILES string of the molecule is O=C(Cn1c2ccccc2c(=O)c2ccccc21)N/N=C/c1cc(I)c(O)c([N+](=O)[O-])c1. The van der Waals surface area contributed by atoms with Gasteiger partial charge in [-0.1, -0.05) is 24.3 Å². The summed E-state index contributed by atoms with van der Waals surface area (Å²) in [6.45, 7) is -0.0914. The van der Waals surface area contributed by atoms with Crippen LogP contribution in [0.25, 0.3) is 21.8 Å². The molecular formula is C22H15IN4O5. The van der Waals surface area contributed by atoms with Gasteiger partial charge in [-0.05, 0) is 52.9 Å². The van der Waals surface area contributed by atoms with Gasteiger partial charge in [0.2, 0.25) is 5.75 Å². The van der Waals surface area contributed by atoms with E-state index in [0.29, 0.717) is 27.4 Å². The lowest BCUT2D eigenvalue weighted by Gasteiger charge is -2.14. The fourth-order valence-electron chi connectivity index (χ4n) is 3.42. The van der Waals surface area contributed by atoms with Crippen LogP contribution in [-0.2, 0) is 11.3 Å². The van der Waals surface area contributed by atoms with E-state index in [2.05, 4.69) is 10.5 Å². The number of fused-ring (bicyclic) bond motifs is 2. The van der Waals surface area contributed by atoms with Crippen LogP contribution in [0, 0.1) is 13.7 Å². The maximum atomic E-state index is 12.8. The van der Waals surface area contributed by atoms with E-state index in [4.69, 9.17) is 0 Å². The second kappa shape index (κ2) is 8.75. The predicted molar refractivity (Wildman–Crippen MR) is 129 cm³/mol. The van der Waals surface area contributed by atoms with Crippen molar-refractivity contribution in [3.8, 4) is 5.75 Å². The Kier molecular flexibility index (Phi) is 5.86. The van der Waals surface area contributed by atoms with Gasteiger partial charge in [-0.2, -0.15) is 5.10 Å². The molecule has 0 aliphatic heterocycles. The van der Waals surface area contributed by atoms with E-state index < -0.39 is 22.3 Å². The average molecular weight is 542 g/mol. The van der Waals surface area contributed by atoms with E-state index in [0.717, 1.165) is 6.07 Å². The minimum absolute atomic E-state index is 0.0914. The molecule has 32 heavy (non-hydrogen) atoms. The Bertz CT molecular complexity index is 1420. The number of hydrogen-bond acceptors (Lipinski definition) is 6. The van der Waals surface area contributed by atoms with Gasteiger partial charge in [0, 0.05) is 22.4 Å². The van der Waals surface area contributed by atoms with Crippen LogP contribution in [0.5, 0.6) is 5.75 Å². The minimum atomic E-state index is -0.694. The summed E-state index contributed by atoms with van der Waals surface area (Å²) in [4.78, 5) is 35.7. The van der Waals surface area contributed by atoms with E-state index in [-0.39, 0.29) is 15.5 Å². The Morgan fingerprint density at radius 1 is 1.12 bits per heavy atom. The molecule has 160 valence electrons. The van der Waals surface area contributed by atoms with Gasteiger partial charge in [0.25, 0.3) is 5.91 Å². The number of benzene rings is 3. The van der Waals surface area contributed by atoms with Crippen LogP contribution in [-0.4, -0.2) is 26.7 Å². The van der Waals surface area contributed by atoms with Crippen molar-refractivity contribution in [2.75, 3.05) is 0 Å². The Morgan fingerprint density at radius 2 is 1.72 bits per heavy atom. The van der Waals surface area contributed by atoms with Crippen LogP contribution in [0.3, 0.4) is 0 Å². The van der Waals surface area contributed by atoms with Gasteiger partial charge >= 0.3 is 5.69 Å². The van der Waals surface area contributed by atoms with Crippen molar-refractivity contribution in [1.82, 2.24) is 9.99 Å². The number of rotatable bonds is 5. The molecule has 0 radical (unpaired) electrons. The Morgan fingerprint density at radius 3 is 2.31 bits per heavy atom. The smallest absolute Gasteiger partial charge is 0.312 e. The molecule has 0 spiro atoms. The van der Waals surface area contributed by atoms with Gasteiger partial charge in [-0.15, -0.1) is 0 Å². The molecule has 0 aliphatic carbocycles. The van der Waals surface area contributed by atoms with Gasteiger partial charge in [-0.3, -0.25) is 19.7 Å². The predicted octanol–water partition coefficient (Wildman–Crippen LogP) is 3.52. The number of aromatic hydroxyl groups is 1. The van der Waals surface area contributed by atoms with E-state index in [9.17, 15) is 24.8 Å². The van der Waals surface area contributed by atoms with Crippen LogP contribution in [0.4, 0.5) is 5.69 Å². The number of phenolic OH excluding ortho intramolecular Hbond substituents is 1. The number of amides is 1. The monoisotopic (exact) mass is 542 g/mol. The second-order valence-electron chi connectivity index (χ2n) is 6.87. The summed E-state index contributed by atoms with van der Waals surface area (Å²) < 4.78 is 2.03. The van der Waals surface area contributed by atoms with Crippen molar-refractivity contribution in [1.29, 1.82) is 0 Å². The summed E-state index contributed by atoms with van der Waals surface area (Å²) >= 11 is 1.78. The maximum absolute atomic E-state index is 12.8. The number of hydrazone groups is 1. The molecule has 1 amide bonds. The van der Waals surface area contributed by atoms with Gasteiger partial charge in [-0.25, -0.2) is 5.43 Å². The van der Waals surface area contributed by atoms with Crippen LogP contribution in [0.1, 0.15) is 5.56 Å². The maximum Gasteiger partial charge on any atom is 0.312 e. The number of carbonyl (C=O) groups is 1. The normalized spacial score (nSPS) is 11.3. The first-order valence-electron chi connectivity index (χ1n) is 9.36. The fraction of sp³-hybridized carbons (Fsp3) is 0.0455. The molecule has 0 aliphatic rings. The van der Waals surface area contributed by atoms with Crippen LogP contribution >= 0.6 is 22.6 Å². The summed E-state index contributed by atoms with van der Waals surface area (Å²) in [5, 5.41) is 25.7. The van der Waals surface area contributed by atoms with E-state index in [1.807, 2.05) is 0 Å². The van der Waals surface area contributed by atoms with Crippen molar-refractivity contribution >= 4 is 62.2 Å². The molecule has 2 N–H and O–H groups in total. The highest BCUT2D eigenvalue weighted by atomic mass is 127. The zero-order valence-corrected chi connectivity index (χ0v) is 18.5. The number of carbonyl (C=O) groups excluding carboxylic acids is 1. The molecule has 0 unspecified atom stereocenters. The molecule has 0 saturated carbocycles. The Labute approximate surface area is 194 Å². The zero-order chi connectivity index (χ0) is 22.8. The minimum Gasteiger partial charge on any atom is -0.501 e. The quantitative estimate of drug-likeness (QED) is 0.131. The number of aromatic nitrogens is 1. The number of nitro benzene ring substituents is 1. The number of phenols is 1. The number of nitrogens with zero attached hydrogens (tertiary/aromatic N) is 3. The molecule has 9 nitrogen and oxygen atoms in total. The first-order valence-corrected chi connectivity index (χ1v) is 10.4. The Balaban J connectivity index is 1.62. The van der Waals surface area contributed by atoms with Crippen molar-refractivity contribution in [2.24, 2.45) is 5.10 Å². The van der Waals surface area contributed by atoms with Gasteiger partial charge < -0.3 is 9.67 Å². The van der Waals surface area contributed by atoms with Gasteiger partial charge in [0.1, 0.15) is 6.54 Å². The highest BCUT2D eigenvalue weighted by Gasteiger charge is 2.17. The highest BCUT2D eigenvalue weighted by molar-refractivity contribution is 14.1. The molecular weight excluding hydrogens is 527 g/mol. The first kappa shape index (κ1) is 21.4. The van der Waals surface area contributed by atoms with Crippen molar-refractivity contribution in [3.63, 3.8) is 0 Å². The number of para-hydroxylation sites is 2.